The van der Waals surface area contributed by atoms with Crippen molar-refractivity contribution in [1.82, 2.24) is 0 Å². The lowest BCUT2D eigenvalue weighted by atomic mass is 9.88. The average Bonchev–Trinajstić information content (AvgIpc) is 2.60. The molecule has 1 unspecified atom stereocenters. The summed E-state index contributed by atoms with van der Waals surface area (Å²) >= 11 is 0. The van der Waals surface area contributed by atoms with E-state index in [0.29, 0.717) is 12.1 Å². The Bertz CT molecular complexity index is 725. The number of amides is 1. The first-order valence-corrected chi connectivity index (χ1v) is 7.64. The summed E-state index contributed by atoms with van der Waals surface area (Å²) in [5.41, 5.74) is 1.30. The van der Waals surface area contributed by atoms with Crippen molar-refractivity contribution in [3.05, 3.63) is 66.2 Å². The van der Waals surface area contributed by atoms with Crippen molar-refractivity contribution in [1.29, 1.82) is 0 Å². The Hall–Kier alpha value is -2.75. The van der Waals surface area contributed by atoms with Gasteiger partial charge in [0.15, 0.2) is 5.78 Å². The van der Waals surface area contributed by atoms with Gasteiger partial charge in [-0.3, -0.25) is 14.4 Å². The normalized spacial score (nSPS) is 18.1. The van der Waals surface area contributed by atoms with E-state index in [0.717, 1.165) is 5.69 Å². The van der Waals surface area contributed by atoms with Crippen molar-refractivity contribution in [2.45, 2.75) is 12.8 Å². The highest BCUT2D eigenvalue weighted by Gasteiger charge is 2.37. The Morgan fingerprint density at radius 3 is 2.22 bits per heavy atom. The average molecular weight is 307 g/mol. The number of anilines is 1. The maximum Gasteiger partial charge on any atom is 0.238 e. The van der Waals surface area contributed by atoms with E-state index in [1.54, 1.807) is 29.2 Å². The molecule has 0 saturated carbocycles. The molecule has 4 nitrogen and oxygen atoms in total. The molecule has 2 aromatic carbocycles. The summed E-state index contributed by atoms with van der Waals surface area (Å²) in [6.45, 7) is 0.373. The maximum absolute atomic E-state index is 12.7. The molecular weight excluding hydrogens is 290 g/mol. The van der Waals surface area contributed by atoms with Crippen LogP contribution in [0.1, 0.15) is 23.2 Å². The highest BCUT2D eigenvalue weighted by Crippen LogP contribution is 2.25. The third-order valence-corrected chi connectivity index (χ3v) is 4.09. The summed E-state index contributed by atoms with van der Waals surface area (Å²) in [5, 5.41) is 0. The van der Waals surface area contributed by atoms with E-state index in [-0.39, 0.29) is 30.3 Å². The molecule has 0 N–H and O–H groups in total. The number of Topliss-reactive ketones (excluding diaryl/α,β-unsaturated/α-hetero) is 2. The Balaban J connectivity index is 1.79. The second kappa shape index (κ2) is 6.57. The van der Waals surface area contributed by atoms with Crippen LogP contribution in [0.25, 0.3) is 0 Å². The molecule has 0 aliphatic carbocycles. The van der Waals surface area contributed by atoms with Crippen molar-refractivity contribution >= 4 is 23.2 Å². The van der Waals surface area contributed by atoms with Gasteiger partial charge in [0.2, 0.25) is 5.91 Å². The molecule has 1 saturated heterocycles. The van der Waals surface area contributed by atoms with Crippen LogP contribution in [0, 0.1) is 5.92 Å². The van der Waals surface area contributed by atoms with Gasteiger partial charge in [0.25, 0.3) is 0 Å². The lowest BCUT2D eigenvalue weighted by molar-refractivity contribution is -0.134. The van der Waals surface area contributed by atoms with Gasteiger partial charge in [-0.25, -0.2) is 0 Å². The van der Waals surface area contributed by atoms with Crippen molar-refractivity contribution in [3.63, 3.8) is 0 Å². The van der Waals surface area contributed by atoms with E-state index in [4.69, 9.17) is 0 Å². The number of hydrogen-bond donors (Lipinski definition) is 0. The number of benzene rings is 2. The van der Waals surface area contributed by atoms with Crippen LogP contribution in [0.4, 0.5) is 5.69 Å². The van der Waals surface area contributed by atoms with Gasteiger partial charge in [-0.2, -0.15) is 0 Å². The zero-order valence-electron chi connectivity index (χ0n) is 12.6. The van der Waals surface area contributed by atoms with Crippen LogP contribution in [-0.2, 0) is 9.59 Å². The minimum absolute atomic E-state index is 0.0645. The Morgan fingerprint density at radius 1 is 0.957 bits per heavy atom. The number of ketones is 2. The first-order valence-electron chi connectivity index (χ1n) is 7.64. The standard InChI is InChI=1S/C19H17NO3/c21-17-11-12-20(15-9-5-2-6-10-15)19(23)16(17)13-18(22)14-7-3-1-4-8-14/h1-10,16H,11-13H2. The van der Waals surface area contributed by atoms with Crippen molar-refractivity contribution in [2.75, 3.05) is 11.4 Å². The highest BCUT2D eigenvalue weighted by atomic mass is 16.2. The summed E-state index contributed by atoms with van der Waals surface area (Å²) in [4.78, 5) is 38.7. The molecule has 0 spiro atoms. The quantitative estimate of drug-likeness (QED) is 0.644. The second-order valence-corrected chi connectivity index (χ2v) is 5.59. The van der Waals surface area contributed by atoms with Gasteiger partial charge in [0.1, 0.15) is 11.7 Å². The number of para-hydroxylation sites is 1. The van der Waals surface area contributed by atoms with E-state index in [1.807, 2.05) is 36.4 Å². The van der Waals surface area contributed by atoms with Crippen LogP contribution < -0.4 is 4.90 Å². The van der Waals surface area contributed by atoms with Crippen LogP contribution in [-0.4, -0.2) is 24.0 Å². The van der Waals surface area contributed by atoms with E-state index < -0.39 is 5.92 Å². The van der Waals surface area contributed by atoms with Crippen LogP contribution in [0.2, 0.25) is 0 Å². The summed E-state index contributed by atoms with van der Waals surface area (Å²) < 4.78 is 0. The Morgan fingerprint density at radius 2 is 1.57 bits per heavy atom. The number of hydrogen-bond acceptors (Lipinski definition) is 3. The first-order chi connectivity index (χ1) is 11.2. The van der Waals surface area contributed by atoms with Gasteiger partial charge in [-0.1, -0.05) is 48.5 Å². The lowest BCUT2D eigenvalue weighted by Crippen LogP contribution is -2.46. The summed E-state index contributed by atoms with van der Waals surface area (Å²) in [5.74, 6) is -1.48. The Kier molecular flexibility index (Phi) is 4.33. The number of rotatable bonds is 4. The minimum atomic E-state index is -0.878. The SMILES string of the molecule is O=C(CC1C(=O)CCN(c2ccccc2)C1=O)c1ccccc1. The molecule has 116 valence electrons. The fourth-order valence-electron chi connectivity index (χ4n) is 2.82. The molecule has 1 atom stereocenters. The summed E-state index contributed by atoms with van der Waals surface area (Å²) in [6, 6.07) is 18.0. The Labute approximate surface area is 134 Å². The van der Waals surface area contributed by atoms with Gasteiger partial charge < -0.3 is 4.90 Å². The topological polar surface area (TPSA) is 54.5 Å². The molecule has 2 aromatic rings. The zero-order chi connectivity index (χ0) is 16.2. The summed E-state index contributed by atoms with van der Waals surface area (Å²) in [6.07, 6.45) is 0.221. The second-order valence-electron chi connectivity index (χ2n) is 5.59. The molecule has 23 heavy (non-hydrogen) atoms. The number of carbonyl (C=O) groups excluding carboxylic acids is 3. The summed E-state index contributed by atoms with van der Waals surface area (Å²) in [7, 11) is 0. The number of piperidine rings is 1. The van der Waals surface area contributed by atoms with Crippen LogP contribution >= 0.6 is 0 Å². The van der Waals surface area contributed by atoms with E-state index in [9.17, 15) is 14.4 Å². The first kappa shape index (κ1) is 15.2. The van der Waals surface area contributed by atoms with Crippen molar-refractivity contribution < 1.29 is 14.4 Å². The van der Waals surface area contributed by atoms with Crippen molar-refractivity contribution in [2.24, 2.45) is 5.92 Å². The molecule has 1 amide bonds. The van der Waals surface area contributed by atoms with Gasteiger partial charge in [-0.05, 0) is 12.1 Å². The van der Waals surface area contributed by atoms with Crippen LogP contribution in [0.5, 0.6) is 0 Å². The van der Waals surface area contributed by atoms with E-state index in [2.05, 4.69) is 0 Å². The van der Waals surface area contributed by atoms with Gasteiger partial charge in [0, 0.05) is 30.6 Å². The predicted molar refractivity (Wildman–Crippen MR) is 87.3 cm³/mol. The van der Waals surface area contributed by atoms with Gasteiger partial charge in [-0.15, -0.1) is 0 Å². The fourth-order valence-corrected chi connectivity index (χ4v) is 2.82. The largest absolute Gasteiger partial charge is 0.311 e. The smallest absolute Gasteiger partial charge is 0.238 e. The number of nitrogens with zero attached hydrogens (tertiary/aromatic N) is 1. The lowest BCUT2D eigenvalue weighted by Gasteiger charge is -2.31. The third-order valence-electron chi connectivity index (χ3n) is 4.09. The maximum atomic E-state index is 12.7. The molecule has 0 radical (unpaired) electrons. The van der Waals surface area contributed by atoms with E-state index >= 15 is 0 Å². The monoisotopic (exact) mass is 307 g/mol. The van der Waals surface area contributed by atoms with Gasteiger partial charge >= 0.3 is 0 Å². The molecule has 4 heteroatoms. The van der Waals surface area contributed by atoms with Crippen molar-refractivity contribution in [3.8, 4) is 0 Å². The molecule has 0 aromatic heterocycles. The van der Waals surface area contributed by atoms with E-state index in [1.165, 1.54) is 0 Å². The molecule has 1 fully saturated rings. The van der Waals surface area contributed by atoms with Gasteiger partial charge in [0.05, 0.1) is 0 Å². The fraction of sp³-hybridized carbons (Fsp3) is 0.211. The highest BCUT2D eigenvalue weighted by molar-refractivity contribution is 6.14. The zero-order valence-corrected chi connectivity index (χ0v) is 12.6. The third kappa shape index (κ3) is 3.21. The number of carbonyl (C=O) groups is 3. The molecule has 1 heterocycles. The minimum Gasteiger partial charge on any atom is -0.311 e. The predicted octanol–water partition coefficient (Wildman–Crippen LogP) is 2.88. The molecule has 3 rings (SSSR count). The van der Waals surface area contributed by atoms with Crippen LogP contribution in [0.3, 0.4) is 0 Å². The molecule has 1 aliphatic heterocycles. The molecule has 1 aliphatic rings. The molecular formula is C19H17NO3. The molecule has 0 bridgehead atoms. The van der Waals surface area contributed by atoms with Crippen LogP contribution in [0.15, 0.2) is 60.7 Å².